The smallest absolute Gasteiger partial charge is 0.311 e. The molecule has 53 heavy (non-hydrogen) atoms. The minimum atomic E-state index is -1.62. The van der Waals surface area contributed by atoms with Crippen LogP contribution in [-0.2, 0) is 39.7 Å². The van der Waals surface area contributed by atoms with E-state index in [1.165, 1.54) is 0 Å². The van der Waals surface area contributed by atoms with E-state index in [9.17, 15) is 14.7 Å². The van der Waals surface area contributed by atoms with Gasteiger partial charge in [-0.3, -0.25) is 9.59 Å². The summed E-state index contributed by atoms with van der Waals surface area (Å²) in [5, 5.41) is 12.5. The Bertz CT molecular complexity index is 1400. The SMILES string of the molecule is CC[C@H]1OC(=O)[C@H](C)[C@@H](OC2CC(C)(C)[C@@H](C)[C@H](C)O2)[C@H](C)[C@@H](OC2O[C@H](C)C[C@H](C)[C@H]2C)C(C)(C)C[C@@H](C)C(=O)/C(C)=C/[C@@]1(O)Cc1ccccc1. The maximum absolute atomic E-state index is 14.5. The molecule has 300 valence electrons. The molecule has 0 bridgehead atoms. The molecular formula is C45H72O8. The number of hydrogen-bond acceptors (Lipinski definition) is 8. The first kappa shape index (κ1) is 43.6. The highest BCUT2D eigenvalue weighted by Crippen LogP contribution is 2.45. The molecule has 4 rings (SSSR count). The Hall–Kier alpha value is -2.10. The molecule has 8 nitrogen and oxygen atoms in total. The number of ketones is 1. The third kappa shape index (κ3) is 10.2. The molecule has 1 aromatic carbocycles. The molecule has 0 aliphatic carbocycles. The first-order valence-corrected chi connectivity index (χ1v) is 20.4. The highest BCUT2D eigenvalue weighted by molar-refractivity contribution is 5.96. The highest BCUT2D eigenvalue weighted by atomic mass is 16.7. The van der Waals surface area contributed by atoms with E-state index in [-0.39, 0.29) is 47.6 Å². The summed E-state index contributed by atoms with van der Waals surface area (Å²) < 4.78 is 33.5. The Morgan fingerprint density at radius 1 is 0.849 bits per heavy atom. The summed E-state index contributed by atoms with van der Waals surface area (Å²) in [6.07, 6.45) is 1.25. The summed E-state index contributed by atoms with van der Waals surface area (Å²) in [7, 11) is 0. The van der Waals surface area contributed by atoms with Crippen molar-refractivity contribution in [3.05, 3.63) is 47.5 Å². The maximum atomic E-state index is 14.5. The molecule has 0 spiro atoms. The van der Waals surface area contributed by atoms with Gasteiger partial charge >= 0.3 is 5.97 Å². The van der Waals surface area contributed by atoms with E-state index in [4.69, 9.17) is 23.7 Å². The van der Waals surface area contributed by atoms with Crippen molar-refractivity contribution in [2.45, 2.75) is 178 Å². The first-order chi connectivity index (χ1) is 24.6. The number of cyclic esters (lactones) is 1. The van der Waals surface area contributed by atoms with Crippen LogP contribution < -0.4 is 0 Å². The molecule has 8 heteroatoms. The van der Waals surface area contributed by atoms with Crippen molar-refractivity contribution in [3.63, 3.8) is 0 Å². The molecule has 2 fully saturated rings. The fourth-order valence-electron chi connectivity index (χ4n) is 9.45. The average molecular weight is 741 g/mol. The normalized spacial score (nSPS) is 42.5. The summed E-state index contributed by atoms with van der Waals surface area (Å²) in [5.41, 5.74) is -0.905. The van der Waals surface area contributed by atoms with Crippen molar-refractivity contribution in [1.29, 1.82) is 0 Å². The summed E-state index contributed by atoms with van der Waals surface area (Å²) in [6, 6.07) is 9.64. The van der Waals surface area contributed by atoms with Crippen LogP contribution in [0.25, 0.3) is 0 Å². The van der Waals surface area contributed by atoms with Crippen molar-refractivity contribution < 1.29 is 38.4 Å². The van der Waals surface area contributed by atoms with E-state index in [1.54, 1.807) is 13.0 Å². The average Bonchev–Trinajstić information content (AvgIpc) is 3.07. The molecule has 2 saturated heterocycles. The monoisotopic (exact) mass is 741 g/mol. The minimum absolute atomic E-state index is 0.0397. The zero-order chi connectivity index (χ0) is 39.6. The van der Waals surface area contributed by atoms with Crippen LogP contribution in [0.15, 0.2) is 42.0 Å². The summed E-state index contributed by atoms with van der Waals surface area (Å²) in [5.74, 6) is -1.13. The van der Waals surface area contributed by atoms with E-state index in [2.05, 4.69) is 69.2 Å². The number of allylic oxidation sites excluding steroid dienone is 1. The molecule has 0 radical (unpaired) electrons. The molecule has 2 unspecified atom stereocenters. The van der Waals surface area contributed by atoms with Gasteiger partial charge in [-0.2, -0.15) is 0 Å². The van der Waals surface area contributed by atoms with E-state index in [0.29, 0.717) is 36.7 Å². The van der Waals surface area contributed by atoms with Crippen LogP contribution in [0.4, 0.5) is 0 Å². The number of benzene rings is 1. The zero-order valence-electron chi connectivity index (χ0n) is 35.3. The topological polar surface area (TPSA) is 101 Å². The number of ether oxygens (including phenoxy) is 5. The molecule has 0 saturated carbocycles. The van der Waals surface area contributed by atoms with Crippen LogP contribution in [0, 0.1) is 46.3 Å². The number of esters is 1. The third-order valence-electron chi connectivity index (χ3n) is 13.3. The molecule has 3 aliphatic heterocycles. The lowest BCUT2D eigenvalue weighted by molar-refractivity contribution is -0.293. The second kappa shape index (κ2) is 17.4. The summed E-state index contributed by atoms with van der Waals surface area (Å²) in [6.45, 7) is 29.2. The number of Topliss-reactive ketones (excluding diaryl/α,β-unsaturated/α-hetero) is 1. The van der Waals surface area contributed by atoms with Crippen molar-refractivity contribution in [1.82, 2.24) is 0 Å². The fraction of sp³-hybridized carbons (Fsp3) is 0.778. The van der Waals surface area contributed by atoms with Gasteiger partial charge in [0, 0.05) is 30.6 Å². The van der Waals surface area contributed by atoms with Gasteiger partial charge in [-0.25, -0.2) is 0 Å². The summed E-state index contributed by atoms with van der Waals surface area (Å²) in [4.78, 5) is 28.7. The Morgan fingerprint density at radius 2 is 1.49 bits per heavy atom. The van der Waals surface area contributed by atoms with E-state index in [0.717, 1.165) is 12.0 Å². The molecule has 1 N–H and O–H groups in total. The predicted octanol–water partition coefficient (Wildman–Crippen LogP) is 9.11. The second-order valence-electron chi connectivity index (χ2n) is 18.7. The van der Waals surface area contributed by atoms with Gasteiger partial charge in [0.15, 0.2) is 18.4 Å². The lowest BCUT2D eigenvalue weighted by Gasteiger charge is -2.49. The van der Waals surface area contributed by atoms with Crippen LogP contribution in [0.3, 0.4) is 0 Å². The molecule has 3 aliphatic rings. The molecule has 0 amide bonds. The first-order valence-electron chi connectivity index (χ1n) is 20.4. The van der Waals surface area contributed by atoms with Gasteiger partial charge in [0.25, 0.3) is 0 Å². The van der Waals surface area contributed by atoms with Gasteiger partial charge in [-0.15, -0.1) is 0 Å². The van der Waals surface area contributed by atoms with E-state index in [1.807, 2.05) is 51.1 Å². The van der Waals surface area contributed by atoms with E-state index >= 15 is 0 Å². The Balaban J connectivity index is 1.84. The number of carbonyl (C=O) groups excluding carboxylic acids is 2. The fourth-order valence-corrected chi connectivity index (χ4v) is 9.45. The van der Waals surface area contributed by atoms with Crippen molar-refractivity contribution in [3.8, 4) is 0 Å². The van der Waals surface area contributed by atoms with Crippen LogP contribution >= 0.6 is 0 Å². The largest absolute Gasteiger partial charge is 0.459 e. The summed E-state index contributed by atoms with van der Waals surface area (Å²) >= 11 is 0. The van der Waals surface area contributed by atoms with Crippen molar-refractivity contribution in [2.75, 3.05) is 0 Å². The molecule has 14 atom stereocenters. The predicted molar refractivity (Wildman–Crippen MR) is 209 cm³/mol. The van der Waals surface area contributed by atoms with Gasteiger partial charge in [0.05, 0.1) is 30.3 Å². The standard InChI is InChI=1S/C45H72O8/c1-15-36-45(48,24-35-19-17-16-18-20-35)23-28(4)38(46)27(3)22-44(13,14)40(53-42-30(6)26(2)21-29(5)49-42)31(7)39(32(8)41(47)51-36)52-37-25-43(11,12)33(9)34(10)50-37/h16-20,23,26-27,29-34,36-37,39-40,42,48H,15,21-22,24-25H2,1-14H3/b28-23+/t26-,27+,29+,30+,31-,32+,33-,34-,36+,37?,39-,40+,42?,45+/m0/s1. The highest BCUT2D eigenvalue weighted by Gasteiger charge is 2.50. The van der Waals surface area contributed by atoms with Crippen LogP contribution in [0.1, 0.15) is 128 Å². The van der Waals surface area contributed by atoms with Gasteiger partial charge in [0.1, 0.15) is 11.7 Å². The van der Waals surface area contributed by atoms with Crippen LogP contribution in [0.2, 0.25) is 0 Å². The molecule has 0 aromatic heterocycles. The second-order valence-corrected chi connectivity index (χ2v) is 18.7. The Kier molecular flexibility index (Phi) is 14.3. The van der Waals surface area contributed by atoms with Gasteiger partial charge in [0.2, 0.25) is 0 Å². The van der Waals surface area contributed by atoms with Crippen molar-refractivity contribution >= 4 is 11.8 Å². The van der Waals surface area contributed by atoms with Crippen molar-refractivity contribution in [2.24, 2.45) is 46.3 Å². The molecule has 1 aromatic rings. The van der Waals surface area contributed by atoms with Crippen LogP contribution in [-0.4, -0.2) is 65.6 Å². The zero-order valence-corrected chi connectivity index (χ0v) is 35.3. The van der Waals surface area contributed by atoms with Gasteiger partial charge in [-0.1, -0.05) is 99.6 Å². The lowest BCUT2D eigenvalue weighted by Crippen LogP contribution is -2.54. The third-order valence-corrected chi connectivity index (χ3v) is 13.3. The van der Waals surface area contributed by atoms with E-state index < -0.39 is 53.8 Å². The van der Waals surface area contributed by atoms with Gasteiger partial charge < -0.3 is 28.8 Å². The number of carbonyl (C=O) groups is 2. The Morgan fingerprint density at radius 3 is 2.09 bits per heavy atom. The quantitative estimate of drug-likeness (QED) is 0.277. The minimum Gasteiger partial charge on any atom is -0.459 e. The van der Waals surface area contributed by atoms with Gasteiger partial charge in [-0.05, 0) is 86.8 Å². The maximum Gasteiger partial charge on any atom is 0.311 e. The number of rotatable bonds is 7. The van der Waals surface area contributed by atoms with Crippen LogP contribution in [0.5, 0.6) is 0 Å². The number of aliphatic hydroxyl groups is 1. The lowest BCUT2D eigenvalue weighted by atomic mass is 9.70. The molecule has 3 heterocycles. The Labute approximate surface area is 321 Å². The number of hydrogen-bond donors (Lipinski definition) is 1. The molecular weight excluding hydrogens is 668 g/mol.